The first-order valence-corrected chi connectivity index (χ1v) is 7.31. The summed E-state index contributed by atoms with van der Waals surface area (Å²) >= 11 is 1.39. The summed E-state index contributed by atoms with van der Waals surface area (Å²) in [5.41, 5.74) is 0.260. The van der Waals surface area contributed by atoms with Crippen LogP contribution in [-0.2, 0) is 18.9 Å². The van der Waals surface area contributed by atoms with E-state index in [1.165, 1.54) is 41.3 Å². The predicted molar refractivity (Wildman–Crippen MR) is 86.2 cm³/mol. The van der Waals surface area contributed by atoms with E-state index in [9.17, 15) is 14.4 Å². The second kappa shape index (κ2) is 6.10. The Labute approximate surface area is 130 Å². The van der Waals surface area contributed by atoms with Gasteiger partial charge in [0.05, 0.1) is 11.3 Å². The first-order valence-electron chi connectivity index (χ1n) is 6.49. The quantitative estimate of drug-likeness (QED) is 0.848. The van der Waals surface area contributed by atoms with Crippen molar-refractivity contribution in [1.82, 2.24) is 14.1 Å². The SMILES string of the molecule is Cc1nc(NC(=O)/C=C/c2cn(C)c(=O)n(C)c2=O)sc1C. The number of rotatable bonds is 3. The van der Waals surface area contributed by atoms with Crippen LogP contribution in [-0.4, -0.2) is 20.0 Å². The number of carbonyl (C=O) groups excluding carboxylic acids is 1. The standard InChI is InChI=1S/C14H16N4O3S/c1-8-9(2)22-13(15-8)16-11(19)6-5-10-7-17(3)14(21)18(4)12(10)20/h5-7H,1-4H3,(H,15,16,19)/b6-5+. The zero-order valence-electron chi connectivity index (χ0n) is 12.7. The third kappa shape index (κ3) is 3.22. The molecule has 0 atom stereocenters. The van der Waals surface area contributed by atoms with Gasteiger partial charge in [0.25, 0.3) is 5.56 Å². The Morgan fingerprint density at radius 2 is 2.00 bits per heavy atom. The molecule has 0 aromatic carbocycles. The molecule has 2 rings (SSSR count). The average molecular weight is 320 g/mol. The number of hydrogen-bond acceptors (Lipinski definition) is 5. The molecule has 0 spiro atoms. The van der Waals surface area contributed by atoms with Gasteiger partial charge in [0.15, 0.2) is 5.13 Å². The minimum atomic E-state index is -0.451. The lowest BCUT2D eigenvalue weighted by molar-refractivity contribution is -0.111. The minimum absolute atomic E-state index is 0.256. The Morgan fingerprint density at radius 1 is 1.32 bits per heavy atom. The average Bonchev–Trinajstić information content (AvgIpc) is 2.77. The molecule has 0 radical (unpaired) electrons. The zero-order valence-corrected chi connectivity index (χ0v) is 13.5. The molecule has 0 saturated heterocycles. The van der Waals surface area contributed by atoms with Gasteiger partial charge in [-0.1, -0.05) is 0 Å². The van der Waals surface area contributed by atoms with Gasteiger partial charge in [-0.15, -0.1) is 11.3 Å². The maximum absolute atomic E-state index is 11.9. The van der Waals surface area contributed by atoms with Gasteiger partial charge in [0, 0.05) is 31.2 Å². The van der Waals surface area contributed by atoms with E-state index in [1.54, 1.807) is 7.05 Å². The van der Waals surface area contributed by atoms with Gasteiger partial charge in [-0.3, -0.25) is 19.5 Å². The monoisotopic (exact) mass is 320 g/mol. The number of hydrogen-bond donors (Lipinski definition) is 1. The molecule has 2 aromatic heterocycles. The fourth-order valence-electron chi connectivity index (χ4n) is 1.79. The Hall–Kier alpha value is -2.48. The Morgan fingerprint density at radius 3 is 2.59 bits per heavy atom. The second-order valence-electron chi connectivity index (χ2n) is 4.83. The van der Waals surface area contributed by atoms with Crippen molar-refractivity contribution in [2.45, 2.75) is 13.8 Å². The van der Waals surface area contributed by atoms with Crippen molar-refractivity contribution in [2.75, 3.05) is 5.32 Å². The smallest absolute Gasteiger partial charge is 0.303 e. The molecule has 0 aliphatic carbocycles. The number of amides is 1. The molecule has 2 aromatic rings. The number of carbonyl (C=O) groups is 1. The maximum Gasteiger partial charge on any atom is 0.330 e. The molecular weight excluding hydrogens is 304 g/mol. The molecule has 0 bridgehead atoms. The zero-order chi connectivity index (χ0) is 16.4. The van der Waals surface area contributed by atoms with E-state index in [4.69, 9.17) is 0 Å². The largest absolute Gasteiger partial charge is 0.330 e. The van der Waals surface area contributed by atoms with Gasteiger partial charge in [-0.05, 0) is 19.9 Å². The topological polar surface area (TPSA) is 86.0 Å². The van der Waals surface area contributed by atoms with Crippen LogP contribution in [0.4, 0.5) is 5.13 Å². The van der Waals surface area contributed by atoms with Crippen LogP contribution < -0.4 is 16.6 Å². The molecule has 0 aliphatic rings. The van der Waals surface area contributed by atoms with E-state index in [0.717, 1.165) is 15.1 Å². The van der Waals surface area contributed by atoms with E-state index in [-0.39, 0.29) is 11.5 Å². The molecule has 0 saturated carbocycles. The highest BCUT2D eigenvalue weighted by atomic mass is 32.1. The molecule has 116 valence electrons. The number of anilines is 1. The molecule has 2 heterocycles. The number of aromatic nitrogens is 3. The molecule has 1 N–H and O–H groups in total. The van der Waals surface area contributed by atoms with Crippen molar-refractivity contribution in [2.24, 2.45) is 14.1 Å². The molecule has 0 unspecified atom stereocenters. The number of aryl methyl sites for hydroxylation is 3. The number of nitrogens with zero attached hydrogens (tertiary/aromatic N) is 3. The molecule has 7 nitrogen and oxygen atoms in total. The highest BCUT2D eigenvalue weighted by Gasteiger charge is 2.07. The predicted octanol–water partition coefficient (Wildman–Crippen LogP) is 0.809. The van der Waals surface area contributed by atoms with Gasteiger partial charge in [-0.2, -0.15) is 0 Å². The highest BCUT2D eigenvalue weighted by molar-refractivity contribution is 7.15. The fraction of sp³-hybridized carbons (Fsp3) is 0.286. The van der Waals surface area contributed by atoms with Crippen LogP contribution in [0.15, 0.2) is 21.9 Å². The molecule has 8 heteroatoms. The summed E-state index contributed by atoms with van der Waals surface area (Å²) < 4.78 is 2.28. The van der Waals surface area contributed by atoms with Gasteiger partial charge in [0.2, 0.25) is 5.91 Å². The summed E-state index contributed by atoms with van der Waals surface area (Å²) in [5.74, 6) is -0.385. The van der Waals surface area contributed by atoms with Crippen LogP contribution >= 0.6 is 11.3 Å². The van der Waals surface area contributed by atoms with E-state index >= 15 is 0 Å². The van der Waals surface area contributed by atoms with Crippen LogP contribution in [0.3, 0.4) is 0 Å². The van der Waals surface area contributed by atoms with Gasteiger partial charge in [0.1, 0.15) is 0 Å². The van der Waals surface area contributed by atoms with Crippen molar-refractivity contribution in [1.29, 1.82) is 0 Å². The second-order valence-corrected chi connectivity index (χ2v) is 6.03. The first kappa shape index (κ1) is 15.9. The molecule has 1 amide bonds. The summed E-state index contributed by atoms with van der Waals surface area (Å²) in [4.78, 5) is 40.6. The summed E-state index contributed by atoms with van der Waals surface area (Å²) in [7, 11) is 2.93. The van der Waals surface area contributed by atoms with E-state index in [1.807, 2.05) is 13.8 Å². The van der Waals surface area contributed by atoms with Crippen LogP contribution in [0.1, 0.15) is 16.1 Å². The maximum atomic E-state index is 11.9. The van der Waals surface area contributed by atoms with Crippen LogP contribution in [0.5, 0.6) is 0 Å². The van der Waals surface area contributed by atoms with Crippen molar-refractivity contribution in [3.8, 4) is 0 Å². The third-order valence-corrected chi connectivity index (χ3v) is 4.13. The van der Waals surface area contributed by atoms with E-state index < -0.39 is 11.2 Å². The summed E-state index contributed by atoms with van der Waals surface area (Å²) in [5, 5.41) is 3.15. The minimum Gasteiger partial charge on any atom is -0.303 e. The lowest BCUT2D eigenvalue weighted by atomic mass is 10.3. The summed E-state index contributed by atoms with van der Waals surface area (Å²) in [6.07, 6.45) is 4.02. The molecule has 0 aliphatic heterocycles. The molecule has 0 fully saturated rings. The van der Waals surface area contributed by atoms with Crippen LogP contribution in [0.25, 0.3) is 6.08 Å². The number of thiazole rings is 1. The van der Waals surface area contributed by atoms with Crippen LogP contribution in [0, 0.1) is 13.8 Å². The lowest BCUT2D eigenvalue weighted by Gasteiger charge is -2.03. The van der Waals surface area contributed by atoms with Crippen molar-refractivity contribution >= 4 is 28.5 Å². The van der Waals surface area contributed by atoms with Gasteiger partial charge in [-0.25, -0.2) is 9.78 Å². The van der Waals surface area contributed by atoms with Gasteiger partial charge < -0.3 is 4.57 Å². The van der Waals surface area contributed by atoms with E-state index in [2.05, 4.69) is 10.3 Å². The summed E-state index contributed by atoms with van der Waals surface area (Å²) in [6, 6.07) is 0. The molecule has 22 heavy (non-hydrogen) atoms. The third-order valence-electron chi connectivity index (χ3n) is 3.15. The van der Waals surface area contributed by atoms with Crippen LogP contribution in [0.2, 0.25) is 0 Å². The lowest BCUT2D eigenvalue weighted by Crippen LogP contribution is -2.37. The van der Waals surface area contributed by atoms with Crippen molar-refractivity contribution < 1.29 is 4.79 Å². The summed E-state index contributed by atoms with van der Waals surface area (Å²) in [6.45, 7) is 3.79. The Balaban J connectivity index is 2.20. The molecular formula is C14H16N4O3S. The van der Waals surface area contributed by atoms with Crippen molar-refractivity contribution in [3.63, 3.8) is 0 Å². The van der Waals surface area contributed by atoms with Gasteiger partial charge >= 0.3 is 5.69 Å². The highest BCUT2D eigenvalue weighted by Crippen LogP contribution is 2.20. The Kier molecular flexibility index (Phi) is 4.41. The fourth-order valence-corrected chi connectivity index (χ4v) is 2.61. The normalized spacial score (nSPS) is 11.1. The number of nitrogens with one attached hydrogen (secondary N) is 1. The van der Waals surface area contributed by atoms with E-state index in [0.29, 0.717) is 5.13 Å². The van der Waals surface area contributed by atoms with Crippen molar-refractivity contribution in [3.05, 3.63) is 49.2 Å². The Bertz CT molecular complexity index is 854. The first-order chi connectivity index (χ1) is 10.3.